The van der Waals surface area contributed by atoms with Crippen molar-refractivity contribution in [1.29, 1.82) is 0 Å². The average molecular weight is 413 g/mol. The SMILES string of the molecule is CS(=O)(=O)c1ccc(CN2CC(O)CC2c2nc(Cc3ccccc3)no2)cc1. The third-order valence-corrected chi connectivity index (χ3v) is 6.22. The van der Waals surface area contributed by atoms with Gasteiger partial charge in [-0.3, -0.25) is 4.90 Å². The maximum absolute atomic E-state index is 11.6. The first-order valence-electron chi connectivity index (χ1n) is 9.46. The summed E-state index contributed by atoms with van der Waals surface area (Å²) in [5.41, 5.74) is 2.06. The molecule has 0 saturated carbocycles. The Morgan fingerprint density at radius 2 is 1.83 bits per heavy atom. The van der Waals surface area contributed by atoms with E-state index >= 15 is 0 Å². The van der Waals surface area contributed by atoms with Gasteiger partial charge in [-0.1, -0.05) is 47.6 Å². The number of β-amino-alcohol motifs (C(OH)–C–C–N with tert-alkyl or cyclic N) is 1. The van der Waals surface area contributed by atoms with E-state index in [9.17, 15) is 13.5 Å². The summed E-state index contributed by atoms with van der Waals surface area (Å²) in [6.07, 6.45) is 1.83. The molecule has 2 unspecified atom stereocenters. The number of sulfone groups is 1. The Morgan fingerprint density at radius 3 is 2.52 bits per heavy atom. The number of aliphatic hydroxyl groups excluding tert-OH is 1. The Kier molecular flexibility index (Phi) is 5.49. The second-order valence-corrected chi connectivity index (χ2v) is 9.48. The molecular weight excluding hydrogens is 390 g/mol. The van der Waals surface area contributed by atoms with Crippen LogP contribution in [-0.2, 0) is 22.8 Å². The number of rotatable bonds is 6. The minimum atomic E-state index is -3.22. The molecule has 1 N–H and O–H groups in total. The molecule has 1 aliphatic heterocycles. The van der Waals surface area contributed by atoms with Gasteiger partial charge in [-0.05, 0) is 29.7 Å². The van der Waals surface area contributed by atoms with E-state index in [4.69, 9.17) is 4.52 Å². The van der Waals surface area contributed by atoms with Crippen molar-refractivity contribution in [1.82, 2.24) is 15.0 Å². The Hall–Kier alpha value is -2.55. The van der Waals surface area contributed by atoms with Crippen molar-refractivity contribution < 1.29 is 18.0 Å². The van der Waals surface area contributed by atoms with Gasteiger partial charge in [0.15, 0.2) is 15.7 Å². The molecule has 1 aliphatic rings. The summed E-state index contributed by atoms with van der Waals surface area (Å²) in [5.74, 6) is 1.12. The van der Waals surface area contributed by atoms with E-state index in [2.05, 4.69) is 15.0 Å². The van der Waals surface area contributed by atoms with Crippen LogP contribution < -0.4 is 0 Å². The van der Waals surface area contributed by atoms with Crippen molar-refractivity contribution in [3.8, 4) is 0 Å². The molecule has 2 atom stereocenters. The highest BCUT2D eigenvalue weighted by Gasteiger charge is 2.35. The molecule has 0 radical (unpaired) electrons. The molecule has 2 aromatic carbocycles. The zero-order valence-electron chi connectivity index (χ0n) is 16.1. The second-order valence-electron chi connectivity index (χ2n) is 7.46. The van der Waals surface area contributed by atoms with Gasteiger partial charge in [-0.15, -0.1) is 0 Å². The number of hydrogen-bond donors (Lipinski definition) is 1. The molecule has 0 spiro atoms. The lowest BCUT2D eigenvalue weighted by molar-refractivity contribution is 0.169. The fourth-order valence-corrected chi connectivity index (χ4v) is 4.27. The van der Waals surface area contributed by atoms with Crippen molar-refractivity contribution in [2.24, 2.45) is 0 Å². The summed E-state index contributed by atoms with van der Waals surface area (Å²) >= 11 is 0. The smallest absolute Gasteiger partial charge is 0.244 e. The van der Waals surface area contributed by atoms with Gasteiger partial charge in [-0.2, -0.15) is 4.98 Å². The Balaban J connectivity index is 1.48. The highest BCUT2D eigenvalue weighted by molar-refractivity contribution is 7.90. The van der Waals surface area contributed by atoms with Crippen LogP contribution in [0.5, 0.6) is 0 Å². The van der Waals surface area contributed by atoms with Crippen LogP contribution in [0.25, 0.3) is 0 Å². The van der Waals surface area contributed by atoms with Crippen molar-refractivity contribution in [3.63, 3.8) is 0 Å². The maximum atomic E-state index is 11.6. The van der Waals surface area contributed by atoms with Gasteiger partial charge in [-0.25, -0.2) is 8.42 Å². The molecule has 29 heavy (non-hydrogen) atoms. The molecular formula is C21H23N3O4S. The molecule has 8 heteroatoms. The third kappa shape index (κ3) is 4.72. The minimum absolute atomic E-state index is 0.170. The first-order valence-corrected chi connectivity index (χ1v) is 11.3. The number of nitrogens with zero attached hydrogens (tertiary/aromatic N) is 3. The summed E-state index contributed by atoms with van der Waals surface area (Å²) < 4.78 is 28.8. The Bertz CT molecular complexity index is 1060. The Labute approximate surface area is 169 Å². The van der Waals surface area contributed by atoms with Crippen molar-refractivity contribution in [2.45, 2.75) is 36.4 Å². The van der Waals surface area contributed by atoms with E-state index < -0.39 is 15.9 Å². The molecule has 4 rings (SSSR count). The van der Waals surface area contributed by atoms with E-state index in [1.54, 1.807) is 24.3 Å². The van der Waals surface area contributed by atoms with Crippen LogP contribution in [0.4, 0.5) is 0 Å². The number of likely N-dealkylation sites (tertiary alicyclic amines) is 1. The number of hydrogen-bond acceptors (Lipinski definition) is 7. The maximum Gasteiger partial charge on any atom is 0.244 e. The van der Waals surface area contributed by atoms with Crippen LogP contribution >= 0.6 is 0 Å². The summed E-state index contributed by atoms with van der Waals surface area (Å²) in [5, 5.41) is 14.3. The van der Waals surface area contributed by atoms with E-state index in [-0.39, 0.29) is 6.04 Å². The highest BCUT2D eigenvalue weighted by atomic mass is 32.2. The van der Waals surface area contributed by atoms with Crippen molar-refractivity contribution >= 4 is 9.84 Å². The first kappa shape index (κ1) is 19.8. The molecule has 3 aromatic rings. The molecule has 0 aliphatic carbocycles. The average Bonchev–Trinajstić information content (AvgIpc) is 3.28. The lowest BCUT2D eigenvalue weighted by atomic mass is 10.1. The van der Waals surface area contributed by atoms with Crippen LogP contribution in [0.3, 0.4) is 0 Å². The topological polar surface area (TPSA) is 96.5 Å². The fourth-order valence-electron chi connectivity index (χ4n) is 3.64. The van der Waals surface area contributed by atoms with Gasteiger partial charge in [0.05, 0.1) is 17.0 Å². The van der Waals surface area contributed by atoms with Gasteiger partial charge in [0.2, 0.25) is 5.89 Å². The molecule has 2 heterocycles. The third-order valence-electron chi connectivity index (χ3n) is 5.09. The molecule has 1 saturated heterocycles. The van der Waals surface area contributed by atoms with E-state index in [1.165, 1.54) is 6.26 Å². The van der Waals surface area contributed by atoms with Gasteiger partial charge in [0.25, 0.3) is 0 Å². The quantitative estimate of drug-likeness (QED) is 0.663. The fraction of sp³-hybridized carbons (Fsp3) is 0.333. The molecule has 1 aromatic heterocycles. The standard InChI is InChI=1S/C21H23N3O4S/c1-29(26,27)18-9-7-16(8-10-18)13-24-14-17(25)12-19(24)21-22-20(23-28-21)11-15-5-3-2-4-6-15/h2-10,17,19,25H,11-14H2,1H3. The van der Waals surface area contributed by atoms with E-state index in [0.29, 0.717) is 42.5 Å². The predicted molar refractivity (Wildman–Crippen MR) is 107 cm³/mol. The van der Waals surface area contributed by atoms with Gasteiger partial charge >= 0.3 is 0 Å². The highest BCUT2D eigenvalue weighted by Crippen LogP contribution is 2.32. The lowest BCUT2D eigenvalue weighted by Crippen LogP contribution is -2.24. The zero-order valence-corrected chi connectivity index (χ0v) is 16.9. The van der Waals surface area contributed by atoms with Crippen LogP contribution in [0, 0.1) is 0 Å². The Morgan fingerprint density at radius 1 is 1.10 bits per heavy atom. The first-order chi connectivity index (χ1) is 13.9. The van der Waals surface area contributed by atoms with Gasteiger partial charge in [0.1, 0.15) is 0 Å². The monoisotopic (exact) mass is 413 g/mol. The van der Waals surface area contributed by atoms with Crippen molar-refractivity contribution in [2.75, 3.05) is 12.8 Å². The lowest BCUT2D eigenvalue weighted by Gasteiger charge is -2.21. The number of aromatic nitrogens is 2. The molecule has 7 nitrogen and oxygen atoms in total. The van der Waals surface area contributed by atoms with Gasteiger partial charge < -0.3 is 9.63 Å². The number of aliphatic hydroxyl groups is 1. The normalized spacial score (nSPS) is 20.2. The van der Waals surface area contributed by atoms with Crippen LogP contribution in [-0.4, -0.2) is 47.5 Å². The van der Waals surface area contributed by atoms with Crippen molar-refractivity contribution in [3.05, 3.63) is 77.4 Å². The minimum Gasteiger partial charge on any atom is -0.392 e. The molecule has 152 valence electrons. The van der Waals surface area contributed by atoms with E-state index in [0.717, 1.165) is 11.1 Å². The molecule has 0 bridgehead atoms. The predicted octanol–water partition coefficient (Wildman–Crippen LogP) is 2.37. The largest absolute Gasteiger partial charge is 0.392 e. The molecule has 0 amide bonds. The van der Waals surface area contributed by atoms with Crippen LogP contribution in [0.2, 0.25) is 0 Å². The van der Waals surface area contributed by atoms with Crippen LogP contribution in [0.1, 0.15) is 35.3 Å². The van der Waals surface area contributed by atoms with Crippen LogP contribution in [0.15, 0.2) is 64.0 Å². The molecule has 1 fully saturated rings. The summed E-state index contributed by atoms with van der Waals surface area (Å²) in [6, 6.07) is 16.6. The summed E-state index contributed by atoms with van der Waals surface area (Å²) in [4.78, 5) is 6.93. The second kappa shape index (κ2) is 8.06. The number of benzene rings is 2. The van der Waals surface area contributed by atoms with Gasteiger partial charge in [0, 0.05) is 25.8 Å². The summed E-state index contributed by atoms with van der Waals surface area (Å²) in [7, 11) is -3.22. The zero-order chi connectivity index (χ0) is 20.4. The van der Waals surface area contributed by atoms with E-state index in [1.807, 2.05) is 30.3 Å². The summed E-state index contributed by atoms with van der Waals surface area (Å²) in [6.45, 7) is 1.05.